The topological polar surface area (TPSA) is 59.9 Å². The van der Waals surface area contributed by atoms with Crippen LogP contribution < -0.4 is 14.9 Å². The highest BCUT2D eigenvalue weighted by atomic mass is 127. The van der Waals surface area contributed by atoms with Crippen LogP contribution in [0.25, 0.3) is 0 Å². The van der Waals surface area contributed by atoms with Crippen molar-refractivity contribution in [2.24, 2.45) is 5.10 Å². The maximum Gasteiger partial charge on any atom is 0.244 e. The Morgan fingerprint density at radius 1 is 1.00 bits per heavy atom. The van der Waals surface area contributed by atoms with Gasteiger partial charge in [0.05, 0.1) is 22.8 Å². The number of benzene rings is 3. The fraction of sp³-hybridized carbons (Fsp3) is 0.231. The third-order valence-electron chi connectivity index (χ3n) is 4.83. The van der Waals surface area contributed by atoms with Gasteiger partial charge in [-0.15, -0.1) is 0 Å². The molecule has 0 heterocycles. The van der Waals surface area contributed by atoms with Crippen molar-refractivity contribution in [2.45, 2.75) is 33.3 Å². The zero-order valence-corrected chi connectivity index (χ0v) is 22.4. The standard InChI is InChI=1S/C26H26BrIN2O3/c1-3-18-5-7-19(8-6-18)15-25(31)30-29-16-21-13-23(28)26(24(14-21)32-4-2)33-17-20-9-11-22(27)12-10-20/h5-14,16H,3-4,15,17H2,1-2H3,(H,30,31)/b29-16+. The van der Waals surface area contributed by atoms with Crippen LogP contribution in [0.4, 0.5) is 0 Å². The molecule has 0 atom stereocenters. The molecule has 1 N–H and O–H groups in total. The number of rotatable bonds is 10. The molecule has 0 radical (unpaired) electrons. The quantitative estimate of drug-likeness (QED) is 0.165. The molecule has 0 saturated heterocycles. The summed E-state index contributed by atoms with van der Waals surface area (Å²) in [7, 11) is 0. The van der Waals surface area contributed by atoms with E-state index in [9.17, 15) is 4.79 Å². The van der Waals surface area contributed by atoms with Gasteiger partial charge in [-0.1, -0.05) is 59.3 Å². The summed E-state index contributed by atoms with van der Waals surface area (Å²) in [6, 6.07) is 19.9. The molecule has 0 unspecified atom stereocenters. The normalized spacial score (nSPS) is 10.9. The summed E-state index contributed by atoms with van der Waals surface area (Å²) in [5, 5.41) is 4.12. The molecule has 0 saturated carbocycles. The molecule has 5 nitrogen and oxygen atoms in total. The Balaban J connectivity index is 1.63. The number of nitrogens with zero attached hydrogens (tertiary/aromatic N) is 1. The van der Waals surface area contributed by atoms with Gasteiger partial charge in [-0.2, -0.15) is 5.10 Å². The van der Waals surface area contributed by atoms with Crippen LogP contribution in [-0.2, 0) is 24.2 Å². The third kappa shape index (κ3) is 7.85. The van der Waals surface area contributed by atoms with E-state index in [0.29, 0.717) is 24.7 Å². The lowest BCUT2D eigenvalue weighted by Crippen LogP contribution is -2.19. The smallest absolute Gasteiger partial charge is 0.244 e. The van der Waals surface area contributed by atoms with E-state index in [2.05, 4.69) is 56.0 Å². The summed E-state index contributed by atoms with van der Waals surface area (Å²) in [6.45, 7) is 4.99. The fourth-order valence-corrected chi connectivity index (χ4v) is 4.14. The van der Waals surface area contributed by atoms with E-state index in [1.807, 2.05) is 67.6 Å². The van der Waals surface area contributed by atoms with Crippen molar-refractivity contribution in [3.8, 4) is 11.5 Å². The molecule has 0 fully saturated rings. The SMILES string of the molecule is CCOc1cc(/C=N/NC(=O)Cc2ccc(CC)cc2)cc(I)c1OCc1ccc(Br)cc1. The van der Waals surface area contributed by atoms with E-state index in [1.165, 1.54) is 5.56 Å². The molecule has 0 aliphatic heterocycles. The molecular formula is C26H26BrIN2O3. The van der Waals surface area contributed by atoms with Crippen molar-refractivity contribution >= 4 is 50.6 Å². The molecule has 0 aromatic heterocycles. The van der Waals surface area contributed by atoms with Gasteiger partial charge in [0, 0.05) is 4.47 Å². The Bertz CT molecular complexity index is 1100. The highest BCUT2D eigenvalue weighted by molar-refractivity contribution is 14.1. The van der Waals surface area contributed by atoms with E-state index in [0.717, 1.165) is 31.2 Å². The number of carbonyl (C=O) groups is 1. The Kier molecular flexibility index (Phi) is 9.75. The average molecular weight is 621 g/mol. The molecule has 7 heteroatoms. The lowest BCUT2D eigenvalue weighted by molar-refractivity contribution is -0.120. The predicted octanol–water partition coefficient (Wildman–Crippen LogP) is 6.29. The minimum Gasteiger partial charge on any atom is -0.490 e. The van der Waals surface area contributed by atoms with Crippen LogP contribution in [-0.4, -0.2) is 18.7 Å². The van der Waals surface area contributed by atoms with Gasteiger partial charge in [0.15, 0.2) is 11.5 Å². The predicted molar refractivity (Wildman–Crippen MR) is 144 cm³/mol. The third-order valence-corrected chi connectivity index (χ3v) is 6.16. The Hall–Kier alpha value is -2.39. The van der Waals surface area contributed by atoms with E-state index in [4.69, 9.17) is 9.47 Å². The average Bonchev–Trinajstić information content (AvgIpc) is 2.80. The van der Waals surface area contributed by atoms with Crippen LogP contribution >= 0.6 is 38.5 Å². The Morgan fingerprint density at radius 3 is 2.33 bits per heavy atom. The summed E-state index contributed by atoms with van der Waals surface area (Å²) in [4.78, 5) is 12.2. The summed E-state index contributed by atoms with van der Waals surface area (Å²) in [5.41, 5.74) is 6.68. The van der Waals surface area contributed by atoms with Gasteiger partial charge in [0.25, 0.3) is 0 Å². The minimum atomic E-state index is -0.162. The number of hydrazone groups is 1. The van der Waals surface area contributed by atoms with E-state index in [1.54, 1.807) is 6.21 Å². The van der Waals surface area contributed by atoms with Crippen LogP contribution in [0.5, 0.6) is 11.5 Å². The number of aryl methyl sites for hydroxylation is 1. The van der Waals surface area contributed by atoms with Crippen LogP contribution in [0.3, 0.4) is 0 Å². The first-order valence-corrected chi connectivity index (χ1v) is 12.6. The number of halogens is 2. The van der Waals surface area contributed by atoms with Gasteiger partial charge >= 0.3 is 0 Å². The van der Waals surface area contributed by atoms with Gasteiger partial charge < -0.3 is 9.47 Å². The van der Waals surface area contributed by atoms with Gasteiger partial charge in [-0.3, -0.25) is 4.79 Å². The van der Waals surface area contributed by atoms with Crippen molar-refractivity contribution in [1.29, 1.82) is 0 Å². The van der Waals surface area contributed by atoms with Crippen LogP contribution in [0.2, 0.25) is 0 Å². The second-order valence-electron chi connectivity index (χ2n) is 7.32. The maximum absolute atomic E-state index is 12.2. The molecule has 0 spiro atoms. The largest absolute Gasteiger partial charge is 0.490 e. The van der Waals surface area contributed by atoms with E-state index >= 15 is 0 Å². The molecule has 3 rings (SSSR count). The number of carbonyl (C=O) groups excluding carboxylic acids is 1. The number of amides is 1. The second-order valence-corrected chi connectivity index (χ2v) is 9.40. The zero-order valence-electron chi connectivity index (χ0n) is 18.6. The summed E-state index contributed by atoms with van der Waals surface area (Å²) >= 11 is 5.67. The number of hydrogen-bond donors (Lipinski definition) is 1. The molecule has 1 amide bonds. The van der Waals surface area contributed by atoms with Gasteiger partial charge in [0.2, 0.25) is 5.91 Å². The fourth-order valence-electron chi connectivity index (χ4n) is 3.10. The minimum absolute atomic E-state index is 0.162. The molecule has 172 valence electrons. The number of hydrogen-bond acceptors (Lipinski definition) is 4. The van der Waals surface area contributed by atoms with Crippen molar-refractivity contribution in [3.05, 3.63) is 91.0 Å². The molecule has 33 heavy (non-hydrogen) atoms. The highest BCUT2D eigenvalue weighted by Crippen LogP contribution is 2.34. The summed E-state index contributed by atoms with van der Waals surface area (Å²) < 4.78 is 13.8. The van der Waals surface area contributed by atoms with Crippen LogP contribution in [0, 0.1) is 3.57 Å². The van der Waals surface area contributed by atoms with E-state index in [-0.39, 0.29) is 12.3 Å². The first-order valence-electron chi connectivity index (χ1n) is 10.7. The van der Waals surface area contributed by atoms with Crippen molar-refractivity contribution in [3.63, 3.8) is 0 Å². The zero-order chi connectivity index (χ0) is 23.6. The van der Waals surface area contributed by atoms with Gasteiger partial charge in [0.1, 0.15) is 6.61 Å². The first kappa shape index (κ1) is 25.2. The molecule has 3 aromatic carbocycles. The lowest BCUT2D eigenvalue weighted by Gasteiger charge is -2.15. The summed E-state index contributed by atoms with van der Waals surface area (Å²) in [6.07, 6.45) is 2.88. The van der Waals surface area contributed by atoms with Crippen molar-refractivity contribution in [1.82, 2.24) is 5.43 Å². The molecular weight excluding hydrogens is 595 g/mol. The highest BCUT2D eigenvalue weighted by Gasteiger charge is 2.12. The molecule has 3 aromatic rings. The Morgan fingerprint density at radius 2 is 1.67 bits per heavy atom. The maximum atomic E-state index is 12.2. The first-order chi connectivity index (χ1) is 16.0. The molecule has 0 aliphatic carbocycles. The molecule has 0 aliphatic rings. The number of nitrogens with one attached hydrogen (secondary N) is 1. The number of ether oxygens (including phenoxy) is 2. The van der Waals surface area contributed by atoms with E-state index < -0.39 is 0 Å². The molecule has 0 bridgehead atoms. The van der Waals surface area contributed by atoms with Crippen molar-refractivity contribution < 1.29 is 14.3 Å². The van der Waals surface area contributed by atoms with Gasteiger partial charge in [-0.25, -0.2) is 5.43 Å². The van der Waals surface area contributed by atoms with Gasteiger partial charge in [-0.05, 0) is 82.5 Å². The monoisotopic (exact) mass is 620 g/mol. The van der Waals surface area contributed by atoms with Crippen LogP contribution in [0.15, 0.2) is 70.2 Å². The summed E-state index contributed by atoms with van der Waals surface area (Å²) in [5.74, 6) is 1.17. The van der Waals surface area contributed by atoms with Crippen molar-refractivity contribution in [2.75, 3.05) is 6.61 Å². The lowest BCUT2D eigenvalue weighted by atomic mass is 10.1. The Labute approximate surface area is 216 Å². The second kappa shape index (κ2) is 12.7. The van der Waals surface area contributed by atoms with Crippen LogP contribution in [0.1, 0.15) is 36.1 Å².